The van der Waals surface area contributed by atoms with Gasteiger partial charge in [0.15, 0.2) is 0 Å². The number of benzene rings is 1. The summed E-state index contributed by atoms with van der Waals surface area (Å²) >= 11 is 9.41. The molecule has 1 saturated carbocycles. The first-order valence-electron chi connectivity index (χ1n) is 5.85. The fourth-order valence-electron chi connectivity index (χ4n) is 1.73. The molecule has 1 heterocycles. The SMILES string of the molecule is Clc1cc(Br)cc(-c2nc(CNC3CC3)co2)c1. The Morgan fingerprint density at radius 2 is 2.22 bits per heavy atom. The van der Waals surface area contributed by atoms with E-state index in [1.54, 1.807) is 6.26 Å². The van der Waals surface area contributed by atoms with Crippen LogP contribution in [0.4, 0.5) is 0 Å². The van der Waals surface area contributed by atoms with Crippen LogP contribution in [0.25, 0.3) is 11.5 Å². The maximum Gasteiger partial charge on any atom is 0.226 e. The lowest BCUT2D eigenvalue weighted by Gasteiger charge is -1.98. The van der Waals surface area contributed by atoms with Crippen LogP contribution in [0.2, 0.25) is 5.02 Å². The zero-order valence-electron chi connectivity index (χ0n) is 9.62. The third-order valence-corrected chi connectivity index (χ3v) is 3.49. The molecule has 0 aliphatic heterocycles. The highest BCUT2D eigenvalue weighted by molar-refractivity contribution is 9.10. The topological polar surface area (TPSA) is 38.1 Å². The van der Waals surface area contributed by atoms with Crippen LogP contribution < -0.4 is 5.32 Å². The average Bonchev–Trinajstić information content (AvgIpc) is 3.02. The van der Waals surface area contributed by atoms with Gasteiger partial charge in [0.25, 0.3) is 0 Å². The van der Waals surface area contributed by atoms with Gasteiger partial charge in [-0.15, -0.1) is 0 Å². The third kappa shape index (κ3) is 2.94. The maximum absolute atomic E-state index is 6.01. The summed E-state index contributed by atoms with van der Waals surface area (Å²) in [6.45, 7) is 0.760. The molecule has 0 bridgehead atoms. The van der Waals surface area contributed by atoms with Crippen LogP contribution in [-0.2, 0) is 6.54 Å². The van der Waals surface area contributed by atoms with Crippen LogP contribution in [0, 0.1) is 0 Å². The lowest BCUT2D eigenvalue weighted by Crippen LogP contribution is -2.15. The predicted octanol–water partition coefficient (Wildman–Crippen LogP) is 4.01. The average molecular weight is 328 g/mol. The molecule has 1 aromatic heterocycles. The van der Waals surface area contributed by atoms with Gasteiger partial charge >= 0.3 is 0 Å². The Hall–Kier alpha value is -0.840. The molecule has 0 radical (unpaired) electrons. The van der Waals surface area contributed by atoms with Gasteiger partial charge in [-0.3, -0.25) is 0 Å². The third-order valence-electron chi connectivity index (χ3n) is 2.81. The fourth-order valence-corrected chi connectivity index (χ4v) is 2.59. The summed E-state index contributed by atoms with van der Waals surface area (Å²) in [4.78, 5) is 4.45. The van der Waals surface area contributed by atoms with Gasteiger partial charge in [0, 0.05) is 27.6 Å². The molecular weight excluding hydrogens is 316 g/mol. The lowest BCUT2D eigenvalue weighted by atomic mass is 10.2. The van der Waals surface area contributed by atoms with Crippen LogP contribution in [0.1, 0.15) is 18.5 Å². The largest absolute Gasteiger partial charge is 0.444 e. The number of nitrogens with one attached hydrogen (secondary N) is 1. The van der Waals surface area contributed by atoms with E-state index in [2.05, 4.69) is 26.2 Å². The Kier molecular flexibility index (Phi) is 3.41. The molecule has 2 aromatic rings. The first-order chi connectivity index (χ1) is 8.70. The van der Waals surface area contributed by atoms with Crippen molar-refractivity contribution in [1.82, 2.24) is 10.3 Å². The second-order valence-corrected chi connectivity index (χ2v) is 5.81. The van der Waals surface area contributed by atoms with Crippen molar-refractivity contribution in [1.29, 1.82) is 0 Å². The summed E-state index contributed by atoms with van der Waals surface area (Å²) in [5.41, 5.74) is 1.81. The number of aromatic nitrogens is 1. The van der Waals surface area contributed by atoms with Crippen LogP contribution in [0.15, 0.2) is 33.4 Å². The number of rotatable bonds is 4. The molecule has 1 aliphatic carbocycles. The summed E-state index contributed by atoms with van der Waals surface area (Å²) in [5, 5.41) is 4.06. The molecule has 1 fully saturated rings. The monoisotopic (exact) mass is 326 g/mol. The van der Waals surface area contributed by atoms with Gasteiger partial charge in [-0.2, -0.15) is 0 Å². The predicted molar refractivity (Wildman–Crippen MR) is 74.5 cm³/mol. The number of oxazole rings is 1. The zero-order valence-corrected chi connectivity index (χ0v) is 12.0. The van der Waals surface area contributed by atoms with Gasteiger partial charge in [-0.1, -0.05) is 27.5 Å². The maximum atomic E-state index is 6.01. The first-order valence-corrected chi connectivity index (χ1v) is 7.02. The molecule has 0 saturated heterocycles. The second-order valence-electron chi connectivity index (χ2n) is 4.46. The summed E-state index contributed by atoms with van der Waals surface area (Å²) < 4.78 is 6.40. The van der Waals surface area contributed by atoms with Gasteiger partial charge in [0.2, 0.25) is 5.89 Å². The highest BCUT2D eigenvalue weighted by atomic mass is 79.9. The van der Waals surface area contributed by atoms with Crippen molar-refractivity contribution in [3.05, 3.63) is 39.7 Å². The Morgan fingerprint density at radius 1 is 1.39 bits per heavy atom. The van der Waals surface area contributed by atoms with E-state index in [-0.39, 0.29) is 0 Å². The molecule has 1 aromatic carbocycles. The molecular formula is C13H12BrClN2O. The van der Waals surface area contributed by atoms with Crippen LogP contribution in [-0.4, -0.2) is 11.0 Å². The Balaban J connectivity index is 1.78. The standard InChI is InChI=1S/C13H12BrClN2O/c14-9-3-8(4-10(15)5-9)13-17-12(7-18-13)6-16-11-1-2-11/h3-5,7,11,16H,1-2,6H2. The first kappa shape index (κ1) is 12.2. The quantitative estimate of drug-likeness (QED) is 0.922. The molecule has 3 nitrogen and oxygen atoms in total. The molecule has 18 heavy (non-hydrogen) atoms. The van der Waals surface area contributed by atoms with Crippen molar-refractivity contribution < 1.29 is 4.42 Å². The zero-order chi connectivity index (χ0) is 12.5. The summed E-state index contributed by atoms with van der Waals surface area (Å²) in [6, 6.07) is 6.29. The van der Waals surface area contributed by atoms with E-state index < -0.39 is 0 Å². The normalized spacial score (nSPS) is 15.0. The van der Waals surface area contributed by atoms with Crippen molar-refractivity contribution >= 4 is 27.5 Å². The van der Waals surface area contributed by atoms with Crippen LogP contribution >= 0.6 is 27.5 Å². The van der Waals surface area contributed by atoms with Crippen molar-refractivity contribution in [2.45, 2.75) is 25.4 Å². The minimum atomic E-state index is 0.603. The number of nitrogens with zero attached hydrogens (tertiary/aromatic N) is 1. The molecule has 0 amide bonds. The van der Waals surface area contributed by atoms with E-state index in [0.29, 0.717) is 17.0 Å². The van der Waals surface area contributed by atoms with Crippen molar-refractivity contribution in [2.24, 2.45) is 0 Å². The summed E-state index contributed by atoms with van der Waals surface area (Å²) in [6.07, 6.45) is 4.23. The Bertz CT molecular complexity index is 546. The highest BCUT2D eigenvalue weighted by Crippen LogP contribution is 2.27. The molecule has 5 heteroatoms. The number of halogens is 2. The van der Waals surface area contributed by atoms with Crippen LogP contribution in [0.3, 0.4) is 0 Å². The molecule has 1 N–H and O–H groups in total. The minimum absolute atomic E-state index is 0.603. The van der Waals surface area contributed by atoms with E-state index in [1.807, 2.05) is 18.2 Å². The van der Waals surface area contributed by atoms with Gasteiger partial charge in [-0.05, 0) is 31.0 Å². The molecule has 0 unspecified atom stereocenters. The van der Waals surface area contributed by atoms with Gasteiger partial charge in [0.1, 0.15) is 6.26 Å². The van der Waals surface area contributed by atoms with E-state index in [1.165, 1.54) is 12.8 Å². The van der Waals surface area contributed by atoms with E-state index in [4.69, 9.17) is 16.0 Å². The Labute approximate surface area is 119 Å². The Morgan fingerprint density at radius 3 is 2.94 bits per heavy atom. The summed E-state index contributed by atoms with van der Waals surface area (Å²) in [5.74, 6) is 0.603. The number of hydrogen-bond acceptors (Lipinski definition) is 3. The molecule has 94 valence electrons. The smallest absolute Gasteiger partial charge is 0.226 e. The van der Waals surface area contributed by atoms with E-state index in [9.17, 15) is 0 Å². The number of hydrogen-bond donors (Lipinski definition) is 1. The molecule has 3 rings (SSSR count). The fraction of sp³-hybridized carbons (Fsp3) is 0.308. The minimum Gasteiger partial charge on any atom is -0.444 e. The van der Waals surface area contributed by atoms with Gasteiger partial charge in [-0.25, -0.2) is 4.98 Å². The van der Waals surface area contributed by atoms with Crippen molar-refractivity contribution in [3.8, 4) is 11.5 Å². The molecule has 1 aliphatic rings. The van der Waals surface area contributed by atoms with Gasteiger partial charge in [0.05, 0.1) is 5.69 Å². The molecule has 0 atom stereocenters. The van der Waals surface area contributed by atoms with E-state index >= 15 is 0 Å². The van der Waals surface area contributed by atoms with Crippen LogP contribution in [0.5, 0.6) is 0 Å². The van der Waals surface area contributed by atoms with E-state index in [0.717, 1.165) is 22.3 Å². The summed E-state index contributed by atoms with van der Waals surface area (Å²) in [7, 11) is 0. The highest BCUT2D eigenvalue weighted by Gasteiger charge is 2.20. The lowest BCUT2D eigenvalue weighted by molar-refractivity contribution is 0.570. The molecule has 0 spiro atoms. The van der Waals surface area contributed by atoms with Crippen molar-refractivity contribution in [3.63, 3.8) is 0 Å². The van der Waals surface area contributed by atoms with Gasteiger partial charge < -0.3 is 9.73 Å². The second kappa shape index (κ2) is 5.03. The van der Waals surface area contributed by atoms with Crippen molar-refractivity contribution in [2.75, 3.05) is 0 Å².